The molecule has 1 amide bonds. The molecule has 0 saturated carbocycles. The summed E-state index contributed by atoms with van der Waals surface area (Å²) in [6.45, 7) is 5.35. The first-order chi connectivity index (χ1) is 10.0. The second-order valence-electron chi connectivity index (χ2n) is 5.62. The lowest BCUT2D eigenvalue weighted by atomic mass is 10.1. The van der Waals surface area contributed by atoms with Gasteiger partial charge in [-0.05, 0) is 32.4 Å². The molecule has 2 aromatic rings. The van der Waals surface area contributed by atoms with Crippen LogP contribution in [0.25, 0.3) is 0 Å². The summed E-state index contributed by atoms with van der Waals surface area (Å²) in [5.41, 5.74) is 2.46. The van der Waals surface area contributed by atoms with Crippen LogP contribution in [0.4, 0.5) is 0 Å². The Morgan fingerprint density at radius 3 is 2.62 bits per heavy atom. The van der Waals surface area contributed by atoms with Crippen LogP contribution < -0.4 is 0 Å². The lowest BCUT2D eigenvalue weighted by Crippen LogP contribution is -2.29. The quantitative estimate of drug-likeness (QED) is 0.838. The van der Waals surface area contributed by atoms with Crippen molar-refractivity contribution in [3.05, 3.63) is 41.2 Å². The minimum atomic E-state index is -0.0116. The molecule has 6 heteroatoms. The van der Waals surface area contributed by atoms with Crippen LogP contribution in [0.1, 0.15) is 40.0 Å². The maximum absolute atomic E-state index is 12.4. The third-order valence-corrected chi connectivity index (χ3v) is 3.77. The van der Waals surface area contributed by atoms with E-state index < -0.39 is 0 Å². The SMILES string of the molecule is Cc1cc(C)nc([C@H]2CCN(C(=O)c3ccn(C)n3)C2)n1. The third-order valence-electron chi connectivity index (χ3n) is 3.77. The first kappa shape index (κ1) is 13.7. The van der Waals surface area contributed by atoms with Gasteiger partial charge in [0.2, 0.25) is 0 Å². The molecule has 0 unspecified atom stereocenters. The number of hydrogen-bond donors (Lipinski definition) is 0. The number of rotatable bonds is 2. The number of carbonyl (C=O) groups excluding carboxylic acids is 1. The van der Waals surface area contributed by atoms with Crippen LogP contribution in [0.5, 0.6) is 0 Å². The van der Waals surface area contributed by atoms with Crippen molar-refractivity contribution in [2.45, 2.75) is 26.2 Å². The summed E-state index contributed by atoms with van der Waals surface area (Å²) < 4.78 is 1.65. The molecule has 3 heterocycles. The fraction of sp³-hybridized carbons (Fsp3) is 0.467. The standard InChI is InChI=1S/C15H19N5O/c1-10-8-11(2)17-14(16-10)12-4-7-20(9-12)15(21)13-5-6-19(3)18-13/h5-6,8,12H,4,7,9H2,1-3H3/t12-/m0/s1. The van der Waals surface area contributed by atoms with Crippen molar-refractivity contribution < 1.29 is 4.79 Å². The van der Waals surface area contributed by atoms with E-state index in [9.17, 15) is 4.79 Å². The molecule has 0 aromatic carbocycles. The van der Waals surface area contributed by atoms with Crippen LogP contribution in [0.3, 0.4) is 0 Å². The predicted octanol–water partition coefficient (Wildman–Crippen LogP) is 1.46. The summed E-state index contributed by atoms with van der Waals surface area (Å²) in [7, 11) is 1.81. The highest BCUT2D eigenvalue weighted by molar-refractivity contribution is 5.92. The van der Waals surface area contributed by atoms with E-state index in [2.05, 4.69) is 15.1 Å². The summed E-state index contributed by atoms with van der Waals surface area (Å²) in [4.78, 5) is 23.3. The van der Waals surface area contributed by atoms with Gasteiger partial charge in [0, 0.05) is 43.6 Å². The van der Waals surface area contributed by atoms with Crippen molar-refractivity contribution in [1.82, 2.24) is 24.6 Å². The molecular weight excluding hydrogens is 266 g/mol. The van der Waals surface area contributed by atoms with Gasteiger partial charge in [-0.1, -0.05) is 0 Å². The average molecular weight is 285 g/mol. The first-order valence-corrected chi connectivity index (χ1v) is 7.14. The van der Waals surface area contributed by atoms with Crippen molar-refractivity contribution in [3.63, 3.8) is 0 Å². The summed E-state index contributed by atoms with van der Waals surface area (Å²) in [5, 5.41) is 4.18. The van der Waals surface area contributed by atoms with Gasteiger partial charge >= 0.3 is 0 Å². The Morgan fingerprint density at radius 2 is 2.00 bits per heavy atom. The fourth-order valence-corrected chi connectivity index (χ4v) is 2.78. The molecule has 1 aliphatic heterocycles. The van der Waals surface area contributed by atoms with Gasteiger partial charge in [0.1, 0.15) is 11.5 Å². The molecule has 21 heavy (non-hydrogen) atoms. The van der Waals surface area contributed by atoms with Gasteiger partial charge in [-0.3, -0.25) is 9.48 Å². The minimum absolute atomic E-state index is 0.0116. The van der Waals surface area contributed by atoms with Crippen molar-refractivity contribution in [1.29, 1.82) is 0 Å². The van der Waals surface area contributed by atoms with E-state index in [0.717, 1.165) is 30.2 Å². The fourth-order valence-electron chi connectivity index (χ4n) is 2.78. The van der Waals surface area contributed by atoms with Crippen LogP contribution in [0.2, 0.25) is 0 Å². The Kier molecular flexibility index (Phi) is 3.45. The van der Waals surface area contributed by atoms with Crippen molar-refractivity contribution in [3.8, 4) is 0 Å². The second kappa shape index (κ2) is 5.27. The molecule has 1 atom stereocenters. The lowest BCUT2D eigenvalue weighted by molar-refractivity contribution is 0.0784. The van der Waals surface area contributed by atoms with E-state index in [1.54, 1.807) is 16.9 Å². The molecule has 0 aliphatic carbocycles. The monoisotopic (exact) mass is 285 g/mol. The molecule has 6 nitrogen and oxygen atoms in total. The molecule has 0 N–H and O–H groups in total. The van der Waals surface area contributed by atoms with Gasteiger partial charge in [-0.15, -0.1) is 0 Å². The van der Waals surface area contributed by atoms with Crippen molar-refractivity contribution >= 4 is 5.91 Å². The van der Waals surface area contributed by atoms with Crippen LogP contribution in [-0.4, -0.2) is 43.6 Å². The summed E-state index contributed by atoms with van der Waals surface area (Å²) in [5.74, 6) is 1.06. The highest BCUT2D eigenvalue weighted by Gasteiger charge is 2.30. The zero-order valence-corrected chi connectivity index (χ0v) is 12.6. The van der Waals surface area contributed by atoms with E-state index in [4.69, 9.17) is 0 Å². The number of amides is 1. The van der Waals surface area contributed by atoms with Crippen LogP contribution in [0, 0.1) is 13.8 Å². The molecule has 3 rings (SSSR count). The first-order valence-electron chi connectivity index (χ1n) is 7.14. The molecule has 0 bridgehead atoms. The molecule has 0 spiro atoms. The molecule has 2 aromatic heterocycles. The van der Waals surface area contributed by atoms with Gasteiger partial charge in [0.15, 0.2) is 0 Å². The van der Waals surface area contributed by atoms with E-state index >= 15 is 0 Å². The zero-order chi connectivity index (χ0) is 15.0. The van der Waals surface area contributed by atoms with Gasteiger partial charge in [0.05, 0.1) is 0 Å². The van der Waals surface area contributed by atoms with Crippen LogP contribution >= 0.6 is 0 Å². The molecule has 1 fully saturated rings. The Balaban J connectivity index is 1.74. The van der Waals surface area contributed by atoms with E-state index in [-0.39, 0.29) is 11.8 Å². The summed E-state index contributed by atoms with van der Waals surface area (Å²) >= 11 is 0. The summed E-state index contributed by atoms with van der Waals surface area (Å²) in [6, 6.07) is 3.72. The summed E-state index contributed by atoms with van der Waals surface area (Å²) in [6.07, 6.45) is 2.69. The van der Waals surface area contributed by atoms with Crippen molar-refractivity contribution in [2.75, 3.05) is 13.1 Å². The zero-order valence-electron chi connectivity index (χ0n) is 12.6. The second-order valence-corrected chi connectivity index (χ2v) is 5.62. The smallest absolute Gasteiger partial charge is 0.274 e. The Hall–Kier alpha value is -2.24. The molecule has 110 valence electrons. The lowest BCUT2D eigenvalue weighted by Gasteiger charge is -2.15. The normalized spacial score (nSPS) is 18.2. The largest absolute Gasteiger partial charge is 0.336 e. The maximum Gasteiger partial charge on any atom is 0.274 e. The maximum atomic E-state index is 12.4. The molecule has 1 aliphatic rings. The predicted molar refractivity (Wildman–Crippen MR) is 78.0 cm³/mol. The van der Waals surface area contributed by atoms with Crippen molar-refractivity contribution in [2.24, 2.45) is 7.05 Å². The molecule has 1 saturated heterocycles. The van der Waals surface area contributed by atoms with Gasteiger partial charge < -0.3 is 4.90 Å². The topological polar surface area (TPSA) is 63.9 Å². The number of aryl methyl sites for hydroxylation is 3. The number of carbonyl (C=O) groups is 1. The number of nitrogens with zero attached hydrogens (tertiary/aromatic N) is 5. The Labute approximate surface area is 123 Å². The van der Waals surface area contributed by atoms with E-state index in [0.29, 0.717) is 12.2 Å². The Morgan fingerprint density at radius 1 is 1.29 bits per heavy atom. The average Bonchev–Trinajstić information content (AvgIpc) is 3.05. The number of hydrogen-bond acceptors (Lipinski definition) is 4. The van der Waals surface area contributed by atoms with E-state index in [1.165, 1.54) is 0 Å². The van der Waals surface area contributed by atoms with Crippen LogP contribution in [-0.2, 0) is 7.05 Å². The third kappa shape index (κ3) is 2.79. The van der Waals surface area contributed by atoms with E-state index in [1.807, 2.05) is 31.9 Å². The molecule has 0 radical (unpaired) electrons. The highest BCUT2D eigenvalue weighted by atomic mass is 16.2. The highest BCUT2D eigenvalue weighted by Crippen LogP contribution is 2.26. The van der Waals surface area contributed by atoms with Crippen LogP contribution in [0.15, 0.2) is 18.3 Å². The number of likely N-dealkylation sites (tertiary alicyclic amines) is 1. The number of aromatic nitrogens is 4. The Bertz CT molecular complexity index is 658. The van der Waals surface area contributed by atoms with Gasteiger partial charge in [0.25, 0.3) is 5.91 Å². The minimum Gasteiger partial charge on any atom is -0.336 e. The van der Waals surface area contributed by atoms with Gasteiger partial charge in [-0.2, -0.15) is 5.10 Å². The molecular formula is C15H19N5O. The van der Waals surface area contributed by atoms with Gasteiger partial charge in [-0.25, -0.2) is 9.97 Å².